The third-order valence-electron chi connectivity index (χ3n) is 1.38. The Kier molecular flexibility index (Phi) is 8.85. The van der Waals surface area contributed by atoms with Crippen LogP contribution >= 0.6 is 0 Å². The molecular formula is C10H15NRu. The second kappa shape index (κ2) is 7.42. The van der Waals surface area contributed by atoms with Crippen molar-refractivity contribution in [3.8, 4) is 0 Å². The molecule has 12 heavy (non-hydrogen) atoms. The summed E-state index contributed by atoms with van der Waals surface area (Å²) < 4.78 is 0. The Morgan fingerprint density at radius 2 is 1.50 bits per heavy atom. The fourth-order valence-corrected chi connectivity index (χ4v) is 0.808. The summed E-state index contributed by atoms with van der Waals surface area (Å²) in [4.78, 5) is 4.28. The van der Waals surface area contributed by atoms with Crippen LogP contribution in [0.5, 0.6) is 0 Å². The average Bonchev–Trinajstić information content (AvgIpc) is 2.05. The van der Waals surface area contributed by atoms with E-state index in [-0.39, 0.29) is 26.9 Å². The average molecular weight is 250 g/mol. The van der Waals surface area contributed by atoms with Crippen LogP contribution in [0.2, 0.25) is 0 Å². The van der Waals surface area contributed by atoms with Gasteiger partial charge in [0.25, 0.3) is 0 Å². The van der Waals surface area contributed by atoms with Crippen LogP contribution in [0.4, 0.5) is 0 Å². The summed E-state index contributed by atoms with van der Waals surface area (Å²) in [5.74, 6) is 0. The SMILES string of the molecule is [CH2-]Cc1cccc(C[CH2-])n1.[CH3-].[RuH+3]. The first-order valence-corrected chi connectivity index (χ1v) is 3.40. The Balaban J connectivity index is 0. The molecule has 0 unspecified atom stereocenters. The molecule has 0 fully saturated rings. The van der Waals surface area contributed by atoms with E-state index in [0.717, 1.165) is 24.2 Å². The van der Waals surface area contributed by atoms with E-state index < -0.39 is 0 Å². The van der Waals surface area contributed by atoms with Crippen molar-refractivity contribution < 1.29 is 19.5 Å². The van der Waals surface area contributed by atoms with Crippen LogP contribution in [-0.2, 0) is 32.3 Å². The van der Waals surface area contributed by atoms with Crippen molar-refractivity contribution in [1.29, 1.82) is 0 Å². The minimum absolute atomic E-state index is 0. The third kappa shape index (κ3) is 3.97. The van der Waals surface area contributed by atoms with Gasteiger partial charge in [0.2, 0.25) is 0 Å². The first-order chi connectivity index (χ1) is 4.86. The van der Waals surface area contributed by atoms with Gasteiger partial charge in [-0.15, -0.1) is 12.8 Å². The van der Waals surface area contributed by atoms with E-state index in [9.17, 15) is 0 Å². The maximum atomic E-state index is 4.28. The summed E-state index contributed by atoms with van der Waals surface area (Å²) in [6.45, 7) is 7.50. The van der Waals surface area contributed by atoms with Crippen LogP contribution in [0, 0.1) is 21.3 Å². The van der Waals surface area contributed by atoms with Gasteiger partial charge in [-0.1, -0.05) is 6.07 Å². The molecule has 1 aromatic rings. The number of hydrogen-bond donors (Lipinski definition) is 0. The number of pyridine rings is 1. The first kappa shape index (κ1) is 14.3. The van der Waals surface area contributed by atoms with E-state index in [1.54, 1.807) is 0 Å². The Morgan fingerprint density at radius 1 is 1.08 bits per heavy atom. The van der Waals surface area contributed by atoms with Gasteiger partial charge in [-0.25, -0.2) is 0 Å². The molecule has 0 aliphatic carbocycles. The van der Waals surface area contributed by atoms with Gasteiger partial charge in [0.1, 0.15) is 0 Å². The molecule has 1 aromatic heterocycles. The number of aromatic nitrogens is 1. The molecule has 1 radical (unpaired) electrons. The maximum absolute atomic E-state index is 4.28. The summed E-state index contributed by atoms with van der Waals surface area (Å²) in [6, 6.07) is 5.95. The standard InChI is InChI=1S/C9H11N.CH3.Ru.H/c1-3-8-6-5-7-9(4-2)10-8;;;/h5-7H,1-4H2;1H3;;/q-2;-1;+3;. The zero-order valence-corrected chi connectivity index (χ0v) is 9.24. The Morgan fingerprint density at radius 3 is 1.83 bits per heavy atom. The molecule has 2 heteroatoms. The summed E-state index contributed by atoms with van der Waals surface area (Å²) in [6.07, 6.45) is 1.52. The monoisotopic (exact) mass is 251 g/mol. The Hall–Kier alpha value is -0.227. The van der Waals surface area contributed by atoms with Gasteiger partial charge >= 0.3 is 19.5 Å². The normalized spacial score (nSPS) is 8.17. The van der Waals surface area contributed by atoms with Crippen molar-refractivity contribution in [1.82, 2.24) is 4.98 Å². The van der Waals surface area contributed by atoms with E-state index in [0.29, 0.717) is 0 Å². The molecule has 0 aliphatic rings. The zero-order valence-electron chi connectivity index (χ0n) is 7.39. The van der Waals surface area contributed by atoms with Crippen LogP contribution < -0.4 is 0 Å². The van der Waals surface area contributed by atoms with Gasteiger partial charge in [0, 0.05) is 11.4 Å². The summed E-state index contributed by atoms with van der Waals surface area (Å²) in [5, 5.41) is 0. The van der Waals surface area contributed by atoms with E-state index in [1.165, 1.54) is 0 Å². The van der Waals surface area contributed by atoms with E-state index in [4.69, 9.17) is 0 Å². The summed E-state index contributed by atoms with van der Waals surface area (Å²) in [5.41, 5.74) is 2.09. The van der Waals surface area contributed by atoms with Gasteiger partial charge < -0.3 is 21.3 Å². The van der Waals surface area contributed by atoms with Crippen molar-refractivity contribution >= 4 is 0 Å². The van der Waals surface area contributed by atoms with Gasteiger partial charge in [-0.2, -0.15) is 0 Å². The van der Waals surface area contributed by atoms with Crippen molar-refractivity contribution in [3.63, 3.8) is 0 Å². The van der Waals surface area contributed by atoms with Gasteiger partial charge in [-0.3, -0.25) is 4.98 Å². The molecule has 0 aromatic carbocycles. The number of rotatable bonds is 2. The predicted molar refractivity (Wildman–Crippen MR) is 50.2 cm³/mol. The molecule has 0 bridgehead atoms. The number of nitrogens with zero attached hydrogens (tertiary/aromatic N) is 1. The van der Waals surface area contributed by atoms with E-state index in [1.807, 2.05) is 18.2 Å². The molecule has 0 N–H and O–H groups in total. The molecule has 0 saturated carbocycles. The zero-order chi connectivity index (χ0) is 7.40. The minimum atomic E-state index is 0. The topological polar surface area (TPSA) is 12.9 Å². The van der Waals surface area contributed by atoms with Crippen molar-refractivity contribution in [2.24, 2.45) is 0 Å². The van der Waals surface area contributed by atoms with Crippen LogP contribution in [-0.4, -0.2) is 4.98 Å². The predicted octanol–water partition coefficient (Wildman–Crippen LogP) is 2.01. The van der Waals surface area contributed by atoms with Crippen molar-refractivity contribution in [2.45, 2.75) is 12.8 Å². The van der Waals surface area contributed by atoms with Crippen LogP contribution in [0.25, 0.3) is 0 Å². The van der Waals surface area contributed by atoms with E-state index >= 15 is 0 Å². The fraction of sp³-hybridized carbons (Fsp3) is 0.200. The van der Waals surface area contributed by atoms with Gasteiger partial charge in [0.05, 0.1) is 0 Å². The first-order valence-electron chi connectivity index (χ1n) is 3.40. The molecule has 0 spiro atoms. The van der Waals surface area contributed by atoms with Crippen molar-refractivity contribution in [3.05, 3.63) is 50.9 Å². The fourth-order valence-electron chi connectivity index (χ4n) is 0.808. The molecule has 1 rings (SSSR count). The Bertz CT molecular complexity index is 191. The second-order valence-electron chi connectivity index (χ2n) is 2.12. The molecule has 0 atom stereocenters. The third-order valence-corrected chi connectivity index (χ3v) is 1.38. The second-order valence-corrected chi connectivity index (χ2v) is 2.12. The van der Waals surface area contributed by atoms with Crippen molar-refractivity contribution in [2.75, 3.05) is 0 Å². The molecule has 68 valence electrons. The van der Waals surface area contributed by atoms with Gasteiger partial charge in [-0.05, 0) is 12.1 Å². The molecule has 0 amide bonds. The molecule has 0 aliphatic heterocycles. The number of hydrogen-bond acceptors (Lipinski definition) is 1. The van der Waals surface area contributed by atoms with Crippen LogP contribution in [0.3, 0.4) is 0 Å². The molecular weight excluding hydrogens is 235 g/mol. The van der Waals surface area contributed by atoms with Crippen LogP contribution in [0.1, 0.15) is 11.4 Å². The van der Waals surface area contributed by atoms with Gasteiger partial charge in [0.15, 0.2) is 0 Å². The summed E-state index contributed by atoms with van der Waals surface area (Å²) >= 11 is 0. The molecule has 1 nitrogen and oxygen atoms in total. The Labute approximate surface area is 88.4 Å². The van der Waals surface area contributed by atoms with E-state index in [2.05, 4.69) is 18.8 Å². The van der Waals surface area contributed by atoms with Crippen LogP contribution in [0.15, 0.2) is 18.2 Å². The molecule has 0 saturated heterocycles. The molecule has 1 heterocycles. The quantitative estimate of drug-likeness (QED) is 0.578. The summed E-state index contributed by atoms with van der Waals surface area (Å²) in [7, 11) is 0.